The van der Waals surface area contributed by atoms with E-state index in [1.807, 2.05) is 17.9 Å². The summed E-state index contributed by atoms with van der Waals surface area (Å²) in [7, 11) is 1.77. The number of rotatable bonds is 6. The van der Waals surface area contributed by atoms with Crippen molar-refractivity contribution in [2.75, 3.05) is 13.6 Å². The molecular weight excluding hydrogens is 368 g/mol. The molecule has 2 aromatic heterocycles. The van der Waals surface area contributed by atoms with Gasteiger partial charge in [-0.3, -0.25) is 4.79 Å². The second-order valence-corrected chi connectivity index (χ2v) is 7.75. The summed E-state index contributed by atoms with van der Waals surface area (Å²) in [6, 6.07) is 1.84. The molecule has 8 heteroatoms. The van der Waals surface area contributed by atoms with Crippen LogP contribution in [0.4, 0.5) is 0 Å². The maximum absolute atomic E-state index is 12.2. The summed E-state index contributed by atoms with van der Waals surface area (Å²) in [6.07, 6.45) is 8.33. The first-order valence-electron chi connectivity index (χ1n) is 9.65. The van der Waals surface area contributed by atoms with E-state index in [0.29, 0.717) is 30.1 Å². The third-order valence-corrected chi connectivity index (χ3v) is 5.82. The molecule has 1 fully saturated rings. The summed E-state index contributed by atoms with van der Waals surface area (Å²) in [5.74, 6) is 0.410. The van der Waals surface area contributed by atoms with Crippen LogP contribution in [-0.2, 0) is 4.79 Å². The molecule has 3 rings (SSSR count). The molecule has 2 atom stereocenters. The first-order valence-corrected chi connectivity index (χ1v) is 9.65. The Kier molecular flexibility index (Phi) is 5.72. The van der Waals surface area contributed by atoms with E-state index in [2.05, 4.69) is 35.8 Å². The Morgan fingerprint density at radius 1 is 1.48 bits per heavy atom. The van der Waals surface area contributed by atoms with Crippen LogP contribution in [0.5, 0.6) is 5.88 Å². The summed E-state index contributed by atoms with van der Waals surface area (Å²) in [5.41, 5.74) is 1.67. The van der Waals surface area contributed by atoms with E-state index in [0.717, 1.165) is 5.52 Å². The lowest BCUT2D eigenvalue weighted by Gasteiger charge is -2.48. The zero-order valence-corrected chi connectivity index (χ0v) is 17.3. The van der Waals surface area contributed by atoms with Crippen molar-refractivity contribution in [3.05, 3.63) is 43.0 Å². The number of piperidine rings is 1. The van der Waals surface area contributed by atoms with Gasteiger partial charge in [-0.1, -0.05) is 20.4 Å². The van der Waals surface area contributed by atoms with Gasteiger partial charge in [-0.15, -0.1) is 0 Å². The number of ether oxygens (including phenoxy) is 1. The van der Waals surface area contributed by atoms with Crippen molar-refractivity contribution in [3.63, 3.8) is 0 Å². The maximum atomic E-state index is 12.2. The number of nitrogens with zero attached hydrogens (tertiary/aromatic N) is 4. The van der Waals surface area contributed by atoms with Crippen LogP contribution in [0.3, 0.4) is 0 Å². The van der Waals surface area contributed by atoms with Gasteiger partial charge in [0, 0.05) is 49.5 Å². The monoisotopic (exact) mass is 396 g/mol. The number of hydrogen-bond acceptors (Lipinski definition) is 6. The van der Waals surface area contributed by atoms with Gasteiger partial charge in [0.15, 0.2) is 0 Å². The van der Waals surface area contributed by atoms with Gasteiger partial charge in [-0.2, -0.15) is 5.10 Å². The Bertz CT molecular complexity index is 961. The number of likely N-dealkylation sites (tertiary alicyclic amines) is 1. The standard InChI is InChI=1S/C21H28N6O2/c1-6-19(28)26-10-8-18(21(3,4)14(26)2)29-20-17-7-9-24-27(17)13-16(25-20)15(11-22)12-23-5/h6-7,9,11-14,18,22-23H,1,8,10H2,2-5H3/b15-12+,22-11?. The topological polar surface area (TPSA) is 95.6 Å². The summed E-state index contributed by atoms with van der Waals surface area (Å²) in [6.45, 7) is 10.5. The van der Waals surface area contributed by atoms with E-state index in [1.165, 1.54) is 12.3 Å². The van der Waals surface area contributed by atoms with Crippen molar-refractivity contribution in [3.8, 4) is 5.88 Å². The van der Waals surface area contributed by atoms with Gasteiger partial charge in [-0.05, 0) is 19.1 Å². The van der Waals surface area contributed by atoms with Crippen molar-refractivity contribution in [2.24, 2.45) is 5.41 Å². The summed E-state index contributed by atoms with van der Waals surface area (Å²) >= 11 is 0. The fourth-order valence-corrected chi connectivity index (χ4v) is 3.73. The lowest BCUT2D eigenvalue weighted by atomic mass is 9.74. The Morgan fingerprint density at radius 3 is 2.90 bits per heavy atom. The highest BCUT2D eigenvalue weighted by atomic mass is 16.5. The first kappa shape index (κ1) is 20.6. The van der Waals surface area contributed by atoms with Crippen molar-refractivity contribution in [1.82, 2.24) is 24.8 Å². The number of allylic oxidation sites excluding steroid dienone is 1. The van der Waals surface area contributed by atoms with Crippen LogP contribution < -0.4 is 10.1 Å². The number of fused-ring (bicyclic) bond motifs is 1. The molecule has 8 nitrogen and oxygen atoms in total. The third kappa shape index (κ3) is 3.74. The smallest absolute Gasteiger partial charge is 0.246 e. The molecule has 0 bridgehead atoms. The van der Waals surface area contributed by atoms with Gasteiger partial charge in [-0.25, -0.2) is 9.50 Å². The van der Waals surface area contributed by atoms with E-state index in [-0.39, 0.29) is 23.5 Å². The molecule has 154 valence electrons. The average Bonchev–Trinajstić information content (AvgIpc) is 3.18. The van der Waals surface area contributed by atoms with Crippen molar-refractivity contribution < 1.29 is 9.53 Å². The normalized spacial score (nSPS) is 21.7. The van der Waals surface area contributed by atoms with Gasteiger partial charge >= 0.3 is 0 Å². The SMILES string of the molecule is C=CC(=O)N1CCC(Oc2nc(/C(C=N)=C/NC)cn3nccc23)C(C)(C)C1C. The number of nitrogens with one attached hydrogen (secondary N) is 2. The second-order valence-electron chi connectivity index (χ2n) is 7.75. The van der Waals surface area contributed by atoms with Crippen molar-refractivity contribution in [2.45, 2.75) is 39.3 Å². The molecule has 0 saturated carbocycles. The molecule has 1 amide bonds. The second kappa shape index (κ2) is 8.06. The number of hydrogen-bond donors (Lipinski definition) is 2. The molecule has 1 saturated heterocycles. The molecule has 29 heavy (non-hydrogen) atoms. The largest absolute Gasteiger partial charge is 0.472 e. The molecule has 2 N–H and O–H groups in total. The summed E-state index contributed by atoms with van der Waals surface area (Å²) in [4.78, 5) is 18.7. The zero-order valence-electron chi connectivity index (χ0n) is 17.3. The number of carbonyl (C=O) groups is 1. The Hall–Kier alpha value is -3.16. The predicted octanol–water partition coefficient (Wildman–Crippen LogP) is 2.52. The minimum Gasteiger partial charge on any atom is -0.472 e. The fourth-order valence-electron chi connectivity index (χ4n) is 3.73. The van der Waals surface area contributed by atoms with E-state index >= 15 is 0 Å². The molecule has 0 radical (unpaired) electrons. The molecule has 1 aliphatic heterocycles. The zero-order chi connectivity index (χ0) is 21.2. The van der Waals surface area contributed by atoms with E-state index < -0.39 is 0 Å². The third-order valence-electron chi connectivity index (χ3n) is 5.82. The highest BCUT2D eigenvalue weighted by Gasteiger charge is 2.45. The Morgan fingerprint density at radius 2 is 2.24 bits per heavy atom. The number of aromatic nitrogens is 3. The van der Waals surface area contributed by atoms with Crippen LogP contribution in [0.1, 0.15) is 32.9 Å². The summed E-state index contributed by atoms with van der Waals surface area (Å²) < 4.78 is 8.14. The Balaban J connectivity index is 1.96. The molecule has 2 aromatic rings. The summed E-state index contributed by atoms with van der Waals surface area (Å²) in [5, 5.41) is 14.9. The molecule has 1 aliphatic rings. The van der Waals surface area contributed by atoms with Gasteiger partial charge in [0.25, 0.3) is 0 Å². The number of carbonyl (C=O) groups excluding carboxylic acids is 1. The lowest BCUT2D eigenvalue weighted by molar-refractivity contribution is -0.137. The molecule has 2 unspecified atom stereocenters. The number of amides is 1. The van der Waals surface area contributed by atoms with E-state index in [1.54, 1.807) is 30.2 Å². The van der Waals surface area contributed by atoms with Crippen molar-refractivity contribution >= 4 is 23.2 Å². The first-order chi connectivity index (χ1) is 13.8. The maximum Gasteiger partial charge on any atom is 0.246 e. The minimum absolute atomic E-state index is 0.0165. The van der Waals surface area contributed by atoms with E-state index in [9.17, 15) is 4.79 Å². The van der Waals surface area contributed by atoms with Gasteiger partial charge in [0.2, 0.25) is 11.8 Å². The van der Waals surface area contributed by atoms with Crippen LogP contribution in [0, 0.1) is 10.8 Å². The van der Waals surface area contributed by atoms with Crippen LogP contribution in [0.25, 0.3) is 11.1 Å². The lowest BCUT2D eigenvalue weighted by Crippen LogP contribution is -2.58. The van der Waals surface area contributed by atoms with Crippen molar-refractivity contribution in [1.29, 1.82) is 5.41 Å². The van der Waals surface area contributed by atoms with E-state index in [4.69, 9.17) is 10.1 Å². The average molecular weight is 396 g/mol. The highest BCUT2D eigenvalue weighted by Crippen LogP contribution is 2.38. The van der Waals surface area contributed by atoms with Gasteiger partial charge < -0.3 is 20.4 Å². The van der Waals surface area contributed by atoms with Gasteiger partial charge in [0.05, 0.1) is 18.1 Å². The van der Waals surface area contributed by atoms with Crippen LogP contribution >= 0.6 is 0 Å². The molecule has 0 spiro atoms. The molecule has 0 aromatic carbocycles. The minimum atomic E-state index is -0.295. The van der Waals surface area contributed by atoms with Gasteiger partial charge in [0.1, 0.15) is 11.6 Å². The molecule has 3 heterocycles. The highest BCUT2D eigenvalue weighted by molar-refractivity contribution is 6.07. The molecule has 0 aliphatic carbocycles. The fraction of sp³-hybridized carbons (Fsp3) is 0.429. The van der Waals surface area contributed by atoms with Crippen LogP contribution in [0.15, 0.2) is 37.3 Å². The molecular formula is C21H28N6O2. The predicted molar refractivity (Wildman–Crippen MR) is 113 cm³/mol. The van der Waals surface area contributed by atoms with Crippen LogP contribution in [0.2, 0.25) is 0 Å². The van der Waals surface area contributed by atoms with Crippen LogP contribution in [-0.4, -0.2) is 57.4 Å². The Labute approximate surface area is 170 Å². The quantitative estimate of drug-likeness (QED) is 0.578.